The predicted molar refractivity (Wildman–Crippen MR) is 156 cm³/mol. The van der Waals surface area contributed by atoms with E-state index in [-0.39, 0.29) is 23.0 Å². The molecule has 0 radical (unpaired) electrons. The number of benzene rings is 3. The maximum atomic E-state index is 13.5. The molecule has 5 rings (SSSR count). The van der Waals surface area contributed by atoms with Gasteiger partial charge in [-0.3, -0.25) is 19.2 Å². The van der Waals surface area contributed by atoms with Crippen LogP contribution in [0.2, 0.25) is 0 Å². The molecular weight excluding hydrogens is 558 g/mol. The number of anilines is 2. The van der Waals surface area contributed by atoms with Gasteiger partial charge in [0.1, 0.15) is 11.6 Å². The number of nitrogens with one attached hydrogen (secondary N) is 2. The summed E-state index contributed by atoms with van der Waals surface area (Å²) in [6.45, 7) is 2.30. The quantitative estimate of drug-likeness (QED) is 0.335. The zero-order chi connectivity index (χ0) is 30.5. The average Bonchev–Trinajstić information content (AvgIpc) is 3.85. The van der Waals surface area contributed by atoms with Gasteiger partial charge in [-0.25, -0.2) is 8.78 Å². The van der Waals surface area contributed by atoms with E-state index in [0.717, 1.165) is 19.3 Å². The minimum Gasteiger partial charge on any atom is -0.481 e. The molecule has 1 unspecified atom stereocenters. The van der Waals surface area contributed by atoms with E-state index in [1.807, 2.05) is 9.80 Å². The van der Waals surface area contributed by atoms with Gasteiger partial charge in [0, 0.05) is 43.2 Å². The van der Waals surface area contributed by atoms with Crippen molar-refractivity contribution in [2.75, 3.05) is 36.4 Å². The van der Waals surface area contributed by atoms with E-state index in [1.54, 1.807) is 12.1 Å². The van der Waals surface area contributed by atoms with Crippen molar-refractivity contribution in [3.05, 3.63) is 95.1 Å². The summed E-state index contributed by atoms with van der Waals surface area (Å²) in [5.41, 5.74) is 1.79. The number of carboxylic acid groups (broad SMARTS) is 1. The molecule has 0 bridgehead atoms. The molecule has 1 aliphatic heterocycles. The molecule has 1 saturated heterocycles. The molecule has 0 spiro atoms. The number of amides is 3. The normalized spacial score (nSPS) is 15.8. The van der Waals surface area contributed by atoms with E-state index in [2.05, 4.69) is 10.6 Å². The van der Waals surface area contributed by atoms with Crippen molar-refractivity contribution in [1.29, 1.82) is 0 Å². The molecule has 2 aliphatic rings. The van der Waals surface area contributed by atoms with Crippen LogP contribution < -0.4 is 15.5 Å². The fourth-order valence-electron chi connectivity index (χ4n) is 5.18. The fraction of sp³-hybridized carbons (Fsp3) is 0.312. The van der Waals surface area contributed by atoms with Crippen LogP contribution in [0.1, 0.15) is 58.0 Å². The summed E-state index contributed by atoms with van der Waals surface area (Å²) in [6.07, 6.45) is 2.15. The first-order chi connectivity index (χ1) is 20.7. The number of carboxylic acids is 1. The summed E-state index contributed by atoms with van der Waals surface area (Å²) in [5.74, 6) is -2.92. The van der Waals surface area contributed by atoms with E-state index in [4.69, 9.17) is 0 Å². The Morgan fingerprint density at radius 3 is 2.12 bits per heavy atom. The minimum atomic E-state index is -1.15. The molecule has 3 N–H and O–H groups in total. The van der Waals surface area contributed by atoms with Crippen LogP contribution in [-0.2, 0) is 9.59 Å². The SMILES string of the molecule is O=C(O)CC(NC(=O)c1ccc(N2CCCN(C(=O)C3CC3)CC2)c(NC(=O)c2ccc(F)cc2)c1)c1ccc(F)cc1. The summed E-state index contributed by atoms with van der Waals surface area (Å²) in [7, 11) is 0. The van der Waals surface area contributed by atoms with Crippen molar-refractivity contribution in [2.24, 2.45) is 5.92 Å². The second-order valence-corrected chi connectivity index (χ2v) is 10.8. The molecule has 2 fully saturated rings. The summed E-state index contributed by atoms with van der Waals surface area (Å²) in [4.78, 5) is 54.6. The second-order valence-electron chi connectivity index (χ2n) is 10.8. The minimum absolute atomic E-state index is 0.120. The highest BCUT2D eigenvalue weighted by molar-refractivity contribution is 6.07. The lowest BCUT2D eigenvalue weighted by molar-refractivity contribution is -0.137. The second kappa shape index (κ2) is 13.0. The third kappa shape index (κ3) is 7.54. The van der Waals surface area contributed by atoms with Gasteiger partial charge in [0.05, 0.1) is 23.8 Å². The van der Waals surface area contributed by atoms with Crippen LogP contribution in [0.5, 0.6) is 0 Å². The molecule has 43 heavy (non-hydrogen) atoms. The summed E-state index contributed by atoms with van der Waals surface area (Å²) < 4.78 is 26.9. The molecule has 3 aromatic carbocycles. The predicted octanol–water partition coefficient (Wildman–Crippen LogP) is 4.61. The van der Waals surface area contributed by atoms with Crippen LogP contribution in [0.25, 0.3) is 0 Å². The Morgan fingerprint density at radius 2 is 1.47 bits per heavy atom. The van der Waals surface area contributed by atoms with Crippen molar-refractivity contribution in [1.82, 2.24) is 10.2 Å². The zero-order valence-electron chi connectivity index (χ0n) is 23.4. The lowest BCUT2D eigenvalue weighted by Crippen LogP contribution is -2.36. The first-order valence-electron chi connectivity index (χ1n) is 14.2. The number of carbonyl (C=O) groups excluding carboxylic acids is 3. The topological polar surface area (TPSA) is 119 Å². The molecule has 1 saturated carbocycles. The van der Waals surface area contributed by atoms with Gasteiger partial charge >= 0.3 is 5.97 Å². The van der Waals surface area contributed by atoms with Gasteiger partial charge in [0.25, 0.3) is 11.8 Å². The Bertz CT molecular complexity index is 1510. The molecule has 11 heteroatoms. The summed E-state index contributed by atoms with van der Waals surface area (Å²) in [6, 6.07) is 14.1. The lowest BCUT2D eigenvalue weighted by Gasteiger charge is -2.27. The van der Waals surface area contributed by atoms with E-state index in [9.17, 15) is 33.1 Å². The maximum absolute atomic E-state index is 13.5. The van der Waals surface area contributed by atoms with Crippen LogP contribution in [0.3, 0.4) is 0 Å². The zero-order valence-corrected chi connectivity index (χ0v) is 23.4. The number of halogens is 2. The standard InChI is InChI=1S/C32H32F2N4O5/c33-24-9-4-20(5-10-24)26(19-29(39)40)35-31(42)23-8-13-28(27(18-23)36-30(41)21-6-11-25(34)12-7-21)37-14-1-15-38(17-16-37)32(43)22-2-3-22/h4-13,18,22,26H,1-3,14-17,19H2,(H,35,42)(H,36,41)(H,39,40). The van der Waals surface area contributed by atoms with Crippen molar-refractivity contribution in [3.63, 3.8) is 0 Å². The maximum Gasteiger partial charge on any atom is 0.305 e. The van der Waals surface area contributed by atoms with Crippen LogP contribution >= 0.6 is 0 Å². The van der Waals surface area contributed by atoms with Crippen molar-refractivity contribution in [2.45, 2.75) is 31.7 Å². The van der Waals surface area contributed by atoms with Gasteiger partial charge in [-0.2, -0.15) is 0 Å². The Balaban J connectivity index is 1.41. The molecule has 3 aromatic rings. The van der Waals surface area contributed by atoms with E-state index in [0.29, 0.717) is 43.1 Å². The highest BCUT2D eigenvalue weighted by Gasteiger charge is 2.34. The number of nitrogens with zero attached hydrogens (tertiary/aromatic N) is 2. The number of aliphatic carboxylic acids is 1. The van der Waals surface area contributed by atoms with E-state index >= 15 is 0 Å². The van der Waals surface area contributed by atoms with E-state index < -0.39 is 41.9 Å². The molecule has 1 heterocycles. The number of carbonyl (C=O) groups is 4. The van der Waals surface area contributed by atoms with Gasteiger partial charge in [-0.15, -0.1) is 0 Å². The molecule has 224 valence electrons. The Labute approximate surface area is 247 Å². The largest absolute Gasteiger partial charge is 0.481 e. The van der Waals surface area contributed by atoms with Crippen molar-refractivity contribution >= 4 is 35.1 Å². The highest BCUT2D eigenvalue weighted by Crippen LogP contribution is 2.33. The number of hydrogen-bond acceptors (Lipinski definition) is 5. The third-order valence-electron chi connectivity index (χ3n) is 7.64. The third-order valence-corrected chi connectivity index (χ3v) is 7.64. The molecule has 1 aliphatic carbocycles. The Morgan fingerprint density at radius 1 is 0.814 bits per heavy atom. The van der Waals surface area contributed by atoms with Crippen LogP contribution in [0.4, 0.5) is 20.2 Å². The molecule has 3 amide bonds. The van der Waals surface area contributed by atoms with Crippen molar-refractivity contribution in [3.8, 4) is 0 Å². The van der Waals surface area contributed by atoms with Gasteiger partial charge in [0.2, 0.25) is 5.91 Å². The fourth-order valence-corrected chi connectivity index (χ4v) is 5.18. The smallest absolute Gasteiger partial charge is 0.305 e. The molecular formula is C32H32F2N4O5. The molecule has 9 nitrogen and oxygen atoms in total. The number of rotatable bonds is 9. The first kappa shape index (κ1) is 29.7. The first-order valence-corrected chi connectivity index (χ1v) is 14.2. The van der Waals surface area contributed by atoms with Gasteiger partial charge in [0.15, 0.2) is 0 Å². The van der Waals surface area contributed by atoms with Crippen LogP contribution in [0.15, 0.2) is 66.7 Å². The Hall–Kier alpha value is -4.80. The summed E-state index contributed by atoms with van der Waals surface area (Å²) >= 11 is 0. The number of hydrogen-bond donors (Lipinski definition) is 3. The Kier molecular flexibility index (Phi) is 8.98. The average molecular weight is 591 g/mol. The summed E-state index contributed by atoms with van der Waals surface area (Å²) in [5, 5.41) is 15.0. The molecule has 0 aromatic heterocycles. The van der Waals surface area contributed by atoms with Crippen LogP contribution in [-0.4, -0.2) is 59.9 Å². The molecule has 1 atom stereocenters. The monoisotopic (exact) mass is 590 g/mol. The van der Waals surface area contributed by atoms with E-state index in [1.165, 1.54) is 54.6 Å². The van der Waals surface area contributed by atoms with Gasteiger partial charge in [-0.05, 0) is 79.4 Å². The van der Waals surface area contributed by atoms with Crippen molar-refractivity contribution < 1.29 is 33.1 Å². The lowest BCUT2D eigenvalue weighted by atomic mass is 10.0. The van der Waals surface area contributed by atoms with Gasteiger partial charge in [-0.1, -0.05) is 12.1 Å². The highest BCUT2D eigenvalue weighted by atomic mass is 19.1. The van der Waals surface area contributed by atoms with Gasteiger partial charge < -0.3 is 25.5 Å². The van der Waals surface area contributed by atoms with Crippen LogP contribution in [0, 0.1) is 17.6 Å².